The van der Waals surface area contributed by atoms with Gasteiger partial charge in [-0.3, -0.25) is 14.4 Å². The predicted molar refractivity (Wildman–Crippen MR) is 92.6 cm³/mol. The molecule has 0 radical (unpaired) electrons. The monoisotopic (exact) mass is 332 g/mol. The molecule has 2 N–H and O–H groups in total. The molecule has 1 atom stereocenters. The van der Waals surface area contributed by atoms with Crippen molar-refractivity contribution in [2.24, 2.45) is 0 Å². The van der Waals surface area contributed by atoms with Crippen molar-refractivity contribution in [2.75, 3.05) is 13.6 Å². The summed E-state index contributed by atoms with van der Waals surface area (Å²) in [5.41, 5.74) is 1.28. The third kappa shape index (κ3) is 6.64. The predicted octanol–water partition coefficient (Wildman–Crippen LogP) is 2.16. The lowest BCUT2D eigenvalue weighted by Gasteiger charge is -2.13. The second kappa shape index (κ2) is 9.50. The highest BCUT2D eigenvalue weighted by molar-refractivity contribution is 5.96. The molecular weight excluding hydrogens is 308 g/mol. The van der Waals surface area contributed by atoms with Crippen LogP contribution in [0.15, 0.2) is 30.3 Å². The van der Waals surface area contributed by atoms with Crippen LogP contribution in [-0.2, 0) is 9.59 Å². The van der Waals surface area contributed by atoms with Crippen molar-refractivity contribution in [2.45, 2.75) is 32.7 Å². The number of carboxylic acid groups (broad SMARTS) is 1. The summed E-state index contributed by atoms with van der Waals surface area (Å²) < 4.78 is 0. The Morgan fingerprint density at radius 1 is 1.33 bits per heavy atom. The molecule has 0 saturated carbocycles. The summed E-state index contributed by atoms with van der Waals surface area (Å²) in [6.07, 6.45) is 5.59. The lowest BCUT2D eigenvalue weighted by molar-refractivity contribution is -0.138. The van der Waals surface area contributed by atoms with Crippen LogP contribution in [0.1, 0.15) is 42.6 Å². The van der Waals surface area contributed by atoms with Gasteiger partial charge in [-0.15, -0.1) is 0 Å². The number of nitrogens with one attached hydrogen (secondary N) is 1. The molecule has 24 heavy (non-hydrogen) atoms. The van der Waals surface area contributed by atoms with Crippen LogP contribution < -0.4 is 5.32 Å². The van der Waals surface area contributed by atoms with Gasteiger partial charge in [0.25, 0.3) is 5.91 Å². The number of rotatable bonds is 8. The van der Waals surface area contributed by atoms with Gasteiger partial charge in [0.2, 0.25) is 5.91 Å². The summed E-state index contributed by atoms with van der Waals surface area (Å²) in [4.78, 5) is 35.5. The number of carboxylic acids is 1. The molecular formula is C18H24N2O4. The van der Waals surface area contributed by atoms with Gasteiger partial charge in [-0.25, -0.2) is 0 Å². The summed E-state index contributed by atoms with van der Waals surface area (Å²) in [6, 6.07) is 6.04. The zero-order valence-corrected chi connectivity index (χ0v) is 14.3. The van der Waals surface area contributed by atoms with Crippen LogP contribution in [0.25, 0.3) is 6.08 Å². The third-order valence-corrected chi connectivity index (χ3v) is 3.58. The smallest absolute Gasteiger partial charge is 0.325 e. The Morgan fingerprint density at radius 3 is 2.67 bits per heavy atom. The maximum atomic E-state index is 12.0. The number of carbonyl (C=O) groups is 3. The van der Waals surface area contributed by atoms with Gasteiger partial charge in [0.05, 0.1) is 0 Å². The number of hydrogen-bond donors (Lipinski definition) is 2. The van der Waals surface area contributed by atoms with Crippen molar-refractivity contribution in [3.8, 4) is 0 Å². The molecule has 1 aromatic carbocycles. The lowest BCUT2D eigenvalue weighted by Crippen LogP contribution is -2.38. The Morgan fingerprint density at radius 2 is 2.04 bits per heavy atom. The van der Waals surface area contributed by atoms with Crippen LogP contribution in [0.5, 0.6) is 0 Å². The first-order valence-corrected chi connectivity index (χ1v) is 7.83. The number of hydrogen-bond acceptors (Lipinski definition) is 3. The Bertz CT molecular complexity index is 625. The zero-order chi connectivity index (χ0) is 18.1. The summed E-state index contributed by atoms with van der Waals surface area (Å²) in [7, 11) is 1.77. The van der Waals surface area contributed by atoms with E-state index in [0.29, 0.717) is 12.1 Å². The molecule has 0 aliphatic carbocycles. The van der Waals surface area contributed by atoms with Crippen LogP contribution in [0.3, 0.4) is 0 Å². The van der Waals surface area contributed by atoms with E-state index >= 15 is 0 Å². The fraction of sp³-hybridized carbons (Fsp3) is 0.389. The van der Waals surface area contributed by atoms with Crippen molar-refractivity contribution < 1.29 is 19.5 Å². The number of benzene rings is 1. The number of carbonyl (C=O) groups excluding carboxylic acids is 2. The Labute approximate surface area is 142 Å². The second-order valence-corrected chi connectivity index (χ2v) is 5.64. The van der Waals surface area contributed by atoms with Crippen molar-refractivity contribution in [1.82, 2.24) is 10.2 Å². The van der Waals surface area contributed by atoms with E-state index < -0.39 is 17.9 Å². The molecule has 0 heterocycles. The van der Waals surface area contributed by atoms with Gasteiger partial charge in [-0.1, -0.05) is 24.3 Å². The summed E-state index contributed by atoms with van der Waals surface area (Å²) >= 11 is 0. The molecule has 1 rings (SSSR count). The van der Waals surface area contributed by atoms with E-state index in [9.17, 15) is 14.4 Å². The minimum Gasteiger partial charge on any atom is -0.480 e. The molecule has 1 aromatic rings. The van der Waals surface area contributed by atoms with Crippen LogP contribution in [0, 0.1) is 0 Å². The van der Waals surface area contributed by atoms with Gasteiger partial charge in [-0.2, -0.15) is 0 Å². The number of allylic oxidation sites excluding steroid dienone is 1. The van der Waals surface area contributed by atoms with Crippen LogP contribution in [0.4, 0.5) is 0 Å². The first-order chi connectivity index (χ1) is 11.3. The van der Waals surface area contributed by atoms with E-state index in [1.165, 1.54) is 13.8 Å². The van der Waals surface area contributed by atoms with Crippen molar-refractivity contribution in [3.05, 3.63) is 41.5 Å². The third-order valence-electron chi connectivity index (χ3n) is 3.58. The van der Waals surface area contributed by atoms with Crippen molar-refractivity contribution >= 4 is 23.9 Å². The quantitative estimate of drug-likeness (QED) is 0.714. The lowest BCUT2D eigenvalue weighted by atomic mass is 10.1. The Balaban J connectivity index is 2.56. The van der Waals surface area contributed by atoms with Crippen molar-refractivity contribution in [3.63, 3.8) is 0 Å². The number of aliphatic carboxylic acids is 1. The molecule has 6 heteroatoms. The summed E-state index contributed by atoms with van der Waals surface area (Å²) in [5, 5.41) is 11.2. The van der Waals surface area contributed by atoms with Crippen LogP contribution >= 0.6 is 0 Å². The molecule has 0 fully saturated rings. The average molecular weight is 332 g/mol. The SMILES string of the molecule is CC(=O)N(C)CCC/C=C/c1cccc(C(=O)NC(C)C(=O)O)c1. The van der Waals surface area contributed by atoms with Crippen LogP contribution in [0.2, 0.25) is 0 Å². The first kappa shape index (κ1) is 19.4. The molecule has 2 amide bonds. The van der Waals surface area contributed by atoms with Gasteiger partial charge in [-0.05, 0) is 37.5 Å². The first-order valence-electron chi connectivity index (χ1n) is 7.83. The Kier molecular flexibility index (Phi) is 7.68. The summed E-state index contributed by atoms with van der Waals surface area (Å²) in [5.74, 6) is -1.44. The fourth-order valence-corrected chi connectivity index (χ4v) is 1.95. The van der Waals surface area contributed by atoms with Gasteiger partial charge >= 0.3 is 5.97 Å². The van der Waals surface area contributed by atoms with E-state index in [2.05, 4.69) is 5.32 Å². The molecule has 1 unspecified atom stereocenters. The largest absolute Gasteiger partial charge is 0.480 e. The van der Waals surface area contributed by atoms with E-state index in [4.69, 9.17) is 5.11 Å². The van der Waals surface area contributed by atoms with Gasteiger partial charge < -0.3 is 15.3 Å². The molecule has 0 aromatic heterocycles. The van der Waals surface area contributed by atoms with Gasteiger partial charge in [0.15, 0.2) is 0 Å². The van der Waals surface area contributed by atoms with Gasteiger partial charge in [0, 0.05) is 26.1 Å². The van der Waals surface area contributed by atoms with Gasteiger partial charge in [0.1, 0.15) is 6.04 Å². The summed E-state index contributed by atoms with van der Waals surface area (Å²) in [6.45, 7) is 3.66. The molecule has 0 bridgehead atoms. The van der Waals surface area contributed by atoms with Crippen molar-refractivity contribution in [1.29, 1.82) is 0 Å². The topological polar surface area (TPSA) is 86.7 Å². The molecule has 6 nitrogen and oxygen atoms in total. The highest BCUT2D eigenvalue weighted by atomic mass is 16.4. The highest BCUT2D eigenvalue weighted by Gasteiger charge is 2.15. The maximum Gasteiger partial charge on any atom is 0.325 e. The highest BCUT2D eigenvalue weighted by Crippen LogP contribution is 2.09. The number of amides is 2. The number of unbranched alkanes of at least 4 members (excludes halogenated alkanes) is 1. The average Bonchev–Trinajstić information content (AvgIpc) is 2.54. The van der Waals surface area contributed by atoms with Crippen LogP contribution in [-0.4, -0.2) is 47.4 Å². The standard InChI is InChI=1S/C18H24N2O4/c1-13(18(23)24)19-17(22)16-10-7-9-15(12-16)8-5-4-6-11-20(3)14(2)21/h5,7-10,12-13H,4,6,11H2,1-3H3,(H,19,22)(H,23,24)/b8-5+. The molecule has 130 valence electrons. The number of nitrogens with zero attached hydrogens (tertiary/aromatic N) is 1. The molecule has 0 aliphatic rings. The zero-order valence-electron chi connectivity index (χ0n) is 14.3. The fourth-order valence-electron chi connectivity index (χ4n) is 1.95. The van der Waals surface area contributed by atoms with E-state index in [1.807, 2.05) is 18.2 Å². The second-order valence-electron chi connectivity index (χ2n) is 5.64. The normalized spacial score (nSPS) is 12.0. The van der Waals surface area contributed by atoms with E-state index in [-0.39, 0.29) is 5.91 Å². The molecule has 0 aliphatic heterocycles. The minimum atomic E-state index is -1.07. The Hall–Kier alpha value is -2.63. The van der Waals surface area contributed by atoms with E-state index in [1.54, 1.807) is 30.1 Å². The maximum absolute atomic E-state index is 12.0. The minimum absolute atomic E-state index is 0.0493. The molecule has 0 spiro atoms. The van der Waals surface area contributed by atoms with E-state index in [0.717, 1.165) is 18.4 Å². The molecule has 0 saturated heterocycles.